The summed E-state index contributed by atoms with van der Waals surface area (Å²) in [6.07, 6.45) is 3.20. The first-order valence-electron chi connectivity index (χ1n) is 8.31. The van der Waals surface area contributed by atoms with E-state index in [1.807, 2.05) is 6.07 Å². The van der Waals surface area contributed by atoms with Gasteiger partial charge < -0.3 is 14.2 Å². The number of aromatic nitrogens is 1. The Morgan fingerprint density at radius 2 is 1.84 bits per heavy atom. The van der Waals surface area contributed by atoms with E-state index in [9.17, 15) is 9.59 Å². The maximum Gasteiger partial charge on any atom is 0.257 e. The van der Waals surface area contributed by atoms with Gasteiger partial charge in [0, 0.05) is 37.9 Å². The molecule has 0 aliphatic carbocycles. The Morgan fingerprint density at radius 1 is 1.16 bits per heavy atom. The highest BCUT2D eigenvalue weighted by molar-refractivity contribution is 7.99. The Hall–Kier alpha value is -2.28. The lowest BCUT2D eigenvalue weighted by atomic mass is 10.2. The normalized spacial score (nSPS) is 14.6. The van der Waals surface area contributed by atoms with E-state index in [-0.39, 0.29) is 11.8 Å². The molecule has 0 N–H and O–H groups in total. The average molecular weight is 359 g/mol. The molecular formula is C18H21N3O3S. The standard InChI is InChI=1S/C18H21N3O3S/c1-3-25-16-12-14(4-6-19-16)17(22)20-7-9-21(10-8-20)18(23)15-5-11-24-13(15)2/h4-6,11-12H,3,7-10H2,1-2H3. The quantitative estimate of drug-likeness (QED) is 0.785. The smallest absolute Gasteiger partial charge is 0.257 e. The summed E-state index contributed by atoms with van der Waals surface area (Å²) in [5.41, 5.74) is 1.24. The third-order valence-corrected chi connectivity index (χ3v) is 5.03. The summed E-state index contributed by atoms with van der Waals surface area (Å²) in [5.74, 6) is 1.50. The van der Waals surface area contributed by atoms with Gasteiger partial charge in [-0.2, -0.15) is 0 Å². The van der Waals surface area contributed by atoms with Gasteiger partial charge in [0.25, 0.3) is 11.8 Å². The Bertz CT molecular complexity index is 766. The van der Waals surface area contributed by atoms with Crippen LogP contribution >= 0.6 is 11.8 Å². The first-order chi connectivity index (χ1) is 12.1. The molecule has 1 aliphatic rings. The summed E-state index contributed by atoms with van der Waals surface area (Å²) >= 11 is 1.61. The SMILES string of the molecule is CCSc1cc(C(=O)N2CCN(C(=O)c3ccoc3C)CC2)ccn1. The van der Waals surface area contributed by atoms with Crippen LogP contribution < -0.4 is 0 Å². The highest BCUT2D eigenvalue weighted by Gasteiger charge is 2.27. The lowest BCUT2D eigenvalue weighted by Crippen LogP contribution is -2.50. The van der Waals surface area contributed by atoms with Crippen LogP contribution in [0.15, 0.2) is 40.1 Å². The fourth-order valence-corrected chi connectivity index (χ4v) is 3.48. The van der Waals surface area contributed by atoms with Gasteiger partial charge in [0.2, 0.25) is 0 Å². The van der Waals surface area contributed by atoms with Gasteiger partial charge in [-0.15, -0.1) is 11.8 Å². The van der Waals surface area contributed by atoms with Crippen molar-refractivity contribution in [3.05, 3.63) is 47.5 Å². The van der Waals surface area contributed by atoms with Crippen LogP contribution in [0, 0.1) is 6.92 Å². The van der Waals surface area contributed by atoms with Gasteiger partial charge in [0.1, 0.15) is 5.76 Å². The first-order valence-corrected chi connectivity index (χ1v) is 9.30. The summed E-state index contributed by atoms with van der Waals surface area (Å²) < 4.78 is 5.20. The predicted molar refractivity (Wildman–Crippen MR) is 95.9 cm³/mol. The largest absolute Gasteiger partial charge is 0.469 e. The van der Waals surface area contributed by atoms with Crippen LogP contribution in [-0.4, -0.2) is 58.5 Å². The number of nitrogens with zero attached hydrogens (tertiary/aromatic N) is 3. The molecule has 1 fully saturated rings. The number of hydrogen-bond donors (Lipinski definition) is 0. The number of thioether (sulfide) groups is 1. The molecular weight excluding hydrogens is 338 g/mol. The van der Waals surface area contributed by atoms with Crippen molar-refractivity contribution in [2.45, 2.75) is 18.9 Å². The van der Waals surface area contributed by atoms with Crippen molar-refractivity contribution >= 4 is 23.6 Å². The number of furan rings is 1. The Labute approximate surface area is 151 Å². The maximum atomic E-state index is 12.7. The molecule has 0 atom stereocenters. The molecule has 0 aromatic carbocycles. The van der Waals surface area contributed by atoms with Crippen molar-refractivity contribution in [1.82, 2.24) is 14.8 Å². The monoisotopic (exact) mass is 359 g/mol. The van der Waals surface area contributed by atoms with Crippen LogP contribution in [0.1, 0.15) is 33.4 Å². The minimum absolute atomic E-state index is 0.00746. The number of hydrogen-bond acceptors (Lipinski definition) is 5. The van der Waals surface area contributed by atoms with Crippen LogP contribution in [0.2, 0.25) is 0 Å². The summed E-state index contributed by atoms with van der Waals surface area (Å²) in [5, 5.41) is 0.859. The highest BCUT2D eigenvalue weighted by atomic mass is 32.2. The van der Waals surface area contributed by atoms with Crippen molar-refractivity contribution in [3.8, 4) is 0 Å². The number of amides is 2. The van der Waals surface area contributed by atoms with Crippen molar-refractivity contribution in [2.75, 3.05) is 31.9 Å². The first kappa shape index (κ1) is 17.5. The lowest BCUT2D eigenvalue weighted by Gasteiger charge is -2.34. The molecule has 0 unspecified atom stereocenters. The van der Waals surface area contributed by atoms with Crippen LogP contribution in [0.25, 0.3) is 0 Å². The molecule has 1 saturated heterocycles. The molecule has 0 saturated carbocycles. The van der Waals surface area contributed by atoms with E-state index >= 15 is 0 Å². The van der Waals surface area contributed by atoms with Gasteiger partial charge in [-0.05, 0) is 30.9 Å². The fraction of sp³-hybridized carbons (Fsp3) is 0.389. The third kappa shape index (κ3) is 3.87. The summed E-state index contributed by atoms with van der Waals surface area (Å²) in [6.45, 7) is 5.94. The predicted octanol–water partition coefficient (Wildman–Crippen LogP) is 2.69. The fourth-order valence-electron chi connectivity index (χ4n) is 2.84. The van der Waals surface area contributed by atoms with Gasteiger partial charge in [-0.3, -0.25) is 9.59 Å². The number of aryl methyl sites for hydroxylation is 1. The zero-order valence-electron chi connectivity index (χ0n) is 14.4. The van der Waals surface area contributed by atoms with E-state index in [4.69, 9.17) is 4.42 Å². The number of rotatable bonds is 4. The van der Waals surface area contributed by atoms with Crippen molar-refractivity contribution < 1.29 is 14.0 Å². The van der Waals surface area contributed by atoms with Crippen LogP contribution in [0.3, 0.4) is 0 Å². The minimum atomic E-state index is -0.0381. The van der Waals surface area contributed by atoms with Crippen LogP contribution in [-0.2, 0) is 0 Å². The van der Waals surface area contributed by atoms with E-state index in [1.165, 1.54) is 6.26 Å². The number of pyridine rings is 1. The molecule has 0 radical (unpaired) electrons. The molecule has 132 valence electrons. The van der Waals surface area contributed by atoms with E-state index < -0.39 is 0 Å². The number of carbonyl (C=O) groups is 2. The molecule has 2 amide bonds. The molecule has 7 heteroatoms. The Balaban J connectivity index is 1.62. The van der Waals surface area contributed by atoms with E-state index in [0.717, 1.165) is 10.8 Å². The molecule has 25 heavy (non-hydrogen) atoms. The van der Waals surface area contributed by atoms with E-state index in [1.54, 1.807) is 46.8 Å². The zero-order valence-corrected chi connectivity index (χ0v) is 15.2. The van der Waals surface area contributed by atoms with E-state index in [0.29, 0.717) is 43.1 Å². The Morgan fingerprint density at radius 3 is 2.44 bits per heavy atom. The summed E-state index contributed by atoms with van der Waals surface area (Å²) in [7, 11) is 0. The van der Waals surface area contributed by atoms with Crippen molar-refractivity contribution in [1.29, 1.82) is 0 Å². The third-order valence-electron chi connectivity index (χ3n) is 4.22. The second-order valence-electron chi connectivity index (χ2n) is 5.79. The second-order valence-corrected chi connectivity index (χ2v) is 7.07. The van der Waals surface area contributed by atoms with Crippen molar-refractivity contribution in [3.63, 3.8) is 0 Å². The highest BCUT2D eigenvalue weighted by Crippen LogP contribution is 2.18. The van der Waals surface area contributed by atoms with E-state index in [2.05, 4.69) is 11.9 Å². The van der Waals surface area contributed by atoms with Crippen LogP contribution in [0.5, 0.6) is 0 Å². The number of carbonyl (C=O) groups excluding carboxylic acids is 2. The average Bonchev–Trinajstić information content (AvgIpc) is 3.07. The minimum Gasteiger partial charge on any atom is -0.469 e. The second kappa shape index (κ2) is 7.74. The summed E-state index contributed by atoms with van der Waals surface area (Å²) in [6, 6.07) is 5.27. The maximum absolute atomic E-state index is 12.7. The number of piperazine rings is 1. The van der Waals surface area contributed by atoms with Gasteiger partial charge >= 0.3 is 0 Å². The van der Waals surface area contributed by atoms with Crippen molar-refractivity contribution in [2.24, 2.45) is 0 Å². The molecule has 2 aromatic rings. The molecule has 3 heterocycles. The topological polar surface area (TPSA) is 66.7 Å². The lowest BCUT2D eigenvalue weighted by molar-refractivity contribution is 0.0534. The molecule has 0 spiro atoms. The van der Waals surface area contributed by atoms with Gasteiger partial charge in [-0.1, -0.05) is 6.92 Å². The Kier molecular flexibility index (Phi) is 5.43. The molecule has 0 bridgehead atoms. The molecule has 1 aliphatic heterocycles. The zero-order chi connectivity index (χ0) is 17.8. The molecule has 6 nitrogen and oxygen atoms in total. The molecule has 2 aromatic heterocycles. The van der Waals surface area contributed by atoms with Gasteiger partial charge in [0.05, 0.1) is 16.9 Å². The van der Waals surface area contributed by atoms with Crippen LogP contribution in [0.4, 0.5) is 0 Å². The van der Waals surface area contributed by atoms with Gasteiger partial charge in [0.15, 0.2) is 0 Å². The molecule has 3 rings (SSSR count). The summed E-state index contributed by atoms with van der Waals surface area (Å²) in [4.78, 5) is 33.0. The van der Waals surface area contributed by atoms with Gasteiger partial charge in [-0.25, -0.2) is 4.98 Å².